The van der Waals surface area contributed by atoms with E-state index in [4.69, 9.17) is 0 Å². The molecular weight excluding hydrogens is 208 g/mol. The molecule has 15 heavy (non-hydrogen) atoms. The van der Waals surface area contributed by atoms with E-state index in [1.807, 2.05) is 0 Å². The Hall–Kier alpha value is -1.85. The van der Waals surface area contributed by atoms with Crippen molar-refractivity contribution in [2.75, 3.05) is 6.54 Å². The Balaban J connectivity index is 2.72. The minimum atomic E-state index is -0.869. The molecule has 80 valence electrons. The summed E-state index contributed by atoms with van der Waals surface area (Å²) in [6.45, 7) is -0.850. The first-order chi connectivity index (χ1) is 6.99. The number of nitrogens with zero attached hydrogens (tertiary/aromatic N) is 1. The van der Waals surface area contributed by atoms with Crippen LogP contribution in [0.4, 0.5) is 8.78 Å². The van der Waals surface area contributed by atoms with Crippen molar-refractivity contribution in [2.24, 2.45) is 0 Å². The summed E-state index contributed by atoms with van der Waals surface area (Å²) in [6, 6.07) is 2.73. The van der Waals surface area contributed by atoms with Gasteiger partial charge in [0.15, 0.2) is 0 Å². The lowest BCUT2D eigenvalue weighted by Crippen LogP contribution is -2.16. The molecule has 6 heteroatoms. The lowest BCUT2D eigenvalue weighted by atomic mass is 10.1. The monoisotopic (exact) mass is 215 g/mol. The minimum Gasteiger partial charge on any atom is -0.292 e. The molecule has 0 aliphatic heterocycles. The van der Waals surface area contributed by atoms with Crippen molar-refractivity contribution in [1.29, 1.82) is 0 Å². The Morgan fingerprint density at radius 3 is 2.60 bits per heavy atom. The van der Waals surface area contributed by atoms with Crippen LogP contribution in [0.25, 0.3) is 0 Å². The zero-order valence-electron chi connectivity index (χ0n) is 7.57. The summed E-state index contributed by atoms with van der Waals surface area (Å²) in [6.07, 6.45) is -0.396. The molecule has 0 bridgehead atoms. The summed E-state index contributed by atoms with van der Waals surface area (Å²) in [7, 11) is 0. The SMILES string of the molecule is O=C(Cc1ccc(F)cc1F)C[N+](=O)[O-]. The molecule has 0 aliphatic carbocycles. The van der Waals surface area contributed by atoms with Crippen molar-refractivity contribution in [1.82, 2.24) is 0 Å². The number of carbonyl (C=O) groups excluding carboxylic acids is 1. The average molecular weight is 215 g/mol. The maximum Gasteiger partial charge on any atom is 0.261 e. The van der Waals surface area contributed by atoms with Crippen molar-refractivity contribution in [3.63, 3.8) is 0 Å². The third-order valence-corrected chi connectivity index (χ3v) is 1.71. The van der Waals surface area contributed by atoms with E-state index in [1.165, 1.54) is 0 Å². The van der Waals surface area contributed by atoms with Crippen molar-refractivity contribution in [2.45, 2.75) is 6.42 Å². The van der Waals surface area contributed by atoms with Crippen molar-refractivity contribution >= 4 is 5.78 Å². The summed E-state index contributed by atoms with van der Waals surface area (Å²) in [5, 5.41) is 9.97. The molecule has 0 heterocycles. The van der Waals surface area contributed by atoms with Gasteiger partial charge in [-0.3, -0.25) is 14.9 Å². The summed E-state index contributed by atoms with van der Waals surface area (Å²) >= 11 is 0. The molecule has 0 aromatic heterocycles. The molecule has 0 saturated carbocycles. The van der Waals surface area contributed by atoms with Gasteiger partial charge in [-0.05, 0) is 11.6 Å². The molecule has 0 N–H and O–H groups in total. The third kappa shape index (κ3) is 3.41. The number of Topliss-reactive ketones (excluding diaryl/α,β-unsaturated/α-hetero) is 1. The van der Waals surface area contributed by atoms with E-state index < -0.39 is 35.3 Å². The zero-order chi connectivity index (χ0) is 11.4. The first-order valence-electron chi connectivity index (χ1n) is 4.06. The smallest absolute Gasteiger partial charge is 0.261 e. The summed E-state index contributed by atoms with van der Waals surface area (Å²) in [4.78, 5) is 20.1. The molecule has 1 rings (SSSR count). The fourth-order valence-electron chi connectivity index (χ4n) is 1.08. The maximum absolute atomic E-state index is 13.0. The van der Waals surface area contributed by atoms with Crippen LogP contribution in [0.5, 0.6) is 0 Å². The third-order valence-electron chi connectivity index (χ3n) is 1.71. The molecule has 1 aromatic carbocycles. The zero-order valence-corrected chi connectivity index (χ0v) is 7.57. The van der Waals surface area contributed by atoms with Gasteiger partial charge in [-0.25, -0.2) is 8.78 Å². The van der Waals surface area contributed by atoms with Crippen LogP contribution in [-0.4, -0.2) is 17.3 Å². The van der Waals surface area contributed by atoms with Gasteiger partial charge < -0.3 is 0 Å². The van der Waals surface area contributed by atoms with Gasteiger partial charge >= 0.3 is 0 Å². The van der Waals surface area contributed by atoms with Gasteiger partial charge in [0, 0.05) is 17.4 Å². The Morgan fingerprint density at radius 1 is 1.40 bits per heavy atom. The van der Waals surface area contributed by atoms with Gasteiger partial charge in [0.25, 0.3) is 6.54 Å². The Kier molecular flexibility index (Phi) is 3.43. The second kappa shape index (κ2) is 4.59. The highest BCUT2D eigenvalue weighted by molar-refractivity contribution is 5.81. The van der Waals surface area contributed by atoms with Crippen LogP contribution in [0.1, 0.15) is 5.56 Å². The second-order valence-corrected chi connectivity index (χ2v) is 2.94. The van der Waals surface area contributed by atoms with Crippen LogP contribution < -0.4 is 0 Å². The summed E-state index contributed by atoms with van der Waals surface area (Å²) < 4.78 is 25.4. The maximum atomic E-state index is 13.0. The number of ketones is 1. The molecule has 0 fully saturated rings. The van der Waals surface area contributed by atoms with Crippen LogP contribution in [0.3, 0.4) is 0 Å². The topological polar surface area (TPSA) is 60.2 Å². The molecule has 4 nitrogen and oxygen atoms in total. The first kappa shape index (κ1) is 11.2. The molecular formula is C9H7F2NO3. The quantitative estimate of drug-likeness (QED) is 0.562. The van der Waals surface area contributed by atoms with E-state index in [1.54, 1.807) is 0 Å². The van der Waals surface area contributed by atoms with Gasteiger partial charge in [0.2, 0.25) is 5.78 Å². The fraction of sp³-hybridized carbons (Fsp3) is 0.222. The molecule has 0 amide bonds. The van der Waals surface area contributed by atoms with Gasteiger partial charge in [-0.1, -0.05) is 6.07 Å². The highest BCUT2D eigenvalue weighted by atomic mass is 19.1. The number of benzene rings is 1. The van der Waals surface area contributed by atoms with E-state index in [0.717, 1.165) is 12.1 Å². The van der Waals surface area contributed by atoms with Gasteiger partial charge in [0.05, 0.1) is 0 Å². The summed E-state index contributed by atoms with van der Waals surface area (Å²) in [5.74, 6) is -2.34. The Bertz CT molecular complexity index is 406. The van der Waals surface area contributed by atoms with E-state index in [2.05, 4.69) is 0 Å². The lowest BCUT2D eigenvalue weighted by molar-refractivity contribution is -0.467. The number of nitro groups is 1. The highest BCUT2D eigenvalue weighted by Crippen LogP contribution is 2.10. The fourth-order valence-corrected chi connectivity index (χ4v) is 1.08. The number of hydrogen-bond acceptors (Lipinski definition) is 3. The molecule has 0 spiro atoms. The van der Waals surface area contributed by atoms with Gasteiger partial charge in [-0.15, -0.1) is 0 Å². The van der Waals surface area contributed by atoms with Crippen LogP contribution in [0.15, 0.2) is 18.2 Å². The highest BCUT2D eigenvalue weighted by Gasteiger charge is 2.13. The molecule has 0 aliphatic rings. The first-order valence-corrected chi connectivity index (χ1v) is 4.06. The van der Waals surface area contributed by atoms with E-state index in [0.29, 0.717) is 6.07 Å². The van der Waals surface area contributed by atoms with Crippen molar-refractivity contribution < 1.29 is 18.5 Å². The Morgan fingerprint density at radius 2 is 2.07 bits per heavy atom. The predicted octanol–water partition coefficient (Wildman–Crippen LogP) is 1.35. The van der Waals surface area contributed by atoms with E-state index >= 15 is 0 Å². The van der Waals surface area contributed by atoms with E-state index in [9.17, 15) is 23.7 Å². The predicted molar refractivity (Wildman–Crippen MR) is 46.9 cm³/mol. The normalized spacial score (nSPS) is 10.0. The lowest BCUT2D eigenvalue weighted by Gasteiger charge is -2.00. The molecule has 0 radical (unpaired) electrons. The number of halogens is 2. The van der Waals surface area contributed by atoms with Gasteiger partial charge in [-0.2, -0.15) is 0 Å². The van der Waals surface area contributed by atoms with Crippen LogP contribution in [0, 0.1) is 21.7 Å². The van der Waals surface area contributed by atoms with Crippen LogP contribution in [0.2, 0.25) is 0 Å². The standard InChI is InChI=1S/C9H7F2NO3/c10-7-2-1-6(9(11)4-7)3-8(13)5-12(14)15/h1-2,4H,3,5H2. The number of carbonyl (C=O) groups is 1. The molecule has 1 aromatic rings. The molecule has 0 saturated heterocycles. The average Bonchev–Trinajstić information content (AvgIpc) is 2.08. The molecule has 0 atom stereocenters. The number of hydrogen-bond donors (Lipinski definition) is 0. The molecule has 0 unspecified atom stereocenters. The van der Waals surface area contributed by atoms with Crippen molar-refractivity contribution in [3.8, 4) is 0 Å². The largest absolute Gasteiger partial charge is 0.292 e. The van der Waals surface area contributed by atoms with E-state index in [-0.39, 0.29) is 5.56 Å². The van der Waals surface area contributed by atoms with Crippen LogP contribution >= 0.6 is 0 Å². The minimum absolute atomic E-state index is 0.0387. The van der Waals surface area contributed by atoms with Crippen molar-refractivity contribution in [3.05, 3.63) is 45.5 Å². The Labute approximate surface area is 83.7 Å². The van der Waals surface area contributed by atoms with Crippen LogP contribution in [-0.2, 0) is 11.2 Å². The van der Waals surface area contributed by atoms with Gasteiger partial charge in [0.1, 0.15) is 11.6 Å². The number of rotatable bonds is 4. The second-order valence-electron chi connectivity index (χ2n) is 2.94. The summed E-state index contributed by atoms with van der Waals surface area (Å²) in [5.41, 5.74) is -0.0387.